The Bertz CT molecular complexity index is 959. The van der Waals surface area contributed by atoms with Crippen molar-refractivity contribution in [2.75, 3.05) is 4.72 Å². The van der Waals surface area contributed by atoms with Crippen LogP contribution in [0.5, 0.6) is 0 Å². The van der Waals surface area contributed by atoms with Crippen LogP contribution in [-0.2, 0) is 10.0 Å². The van der Waals surface area contributed by atoms with Gasteiger partial charge in [-0.3, -0.25) is 4.72 Å². The number of H-pyrrole nitrogens is 1. The number of fused-ring (bicyclic) bond motifs is 1. The lowest BCUT2D eigenvalue weighted by Crippen LogP contribution is -2.12. The monoisotopic (exact) mass is 340 g/mol. The van der Waals surface area contributed by atoms with E-state index in [1.54, 1.807) is 30.3 Å². The van der Waals surface area contributed by atoms with Gasteiger partial charge in [0.25, 0.3) is 14.9 Å². The molecule has 0 fully saturated rings. The molecule has 1 aromatic heterocycles. The summed E-state index contributed by atoms with van der Waals surface area (Å²) in [5, 5.41) is 0.533. The lowest BCUT2D eigenvalue weighted by Gasteiger charge is -2.08. The summed E-state index contributed by atoms with van der Waals surface area (Å²) in [6, 6.07) is 10.9. The lowest BCUT2D eigenvalue weighted by atomic mass is 10.3. The number of aromatic nitrogens is 1. The first kappa shape index (κ1) is 14.1. The average molecular weight is 341 g/mol. The van der Waals surface area contributed by atoms with Crippen molar-refractivity contribution in [2.45, 2.75) is 4.90 Å². The maximum atomic E-state index is 12.3. The van der Waals surface area contributed by atoms with Crippen LogP contribution < -0.4 is 4.72 Å². The maximum absolute atomic E-state index is 12.3. The van der Waals surface area contributed by atoms with Gasteiger partial charge in [-0.15, -0.1) is 0 Å². The maximum Gasteiger partial charge on any atom is 0.266 e. The van der Waals surface area contributed by atoms with Crippen molar-refractivity contribution < 1.29 is 12.8 Å². The highest BCUT2D eigenvalue weighted by Gasteiger charge is 2.15. The van der Waals surface area contributed by atoms with E-state index in [0.29, 0.717) is 21.8 Å². The average Bonchev–Trinajstić information content (AvgIpc) is 2.80. The van der Waals surface area contributed by atoms with Gasteiger partial charge in [0.05, 0.1) is 10.4 Å². The molecule has 0 aliphatic rings. The number of hydrogen-bond donors (Lipinski definition) is 2. The number of aromatic amines is 1. The fourth-order valence-electron chi connectivity index (χ4n) is 1.83. The summed E-state index contributed by atoms with van der Waals surface area (Å²) in [4.78, 5) is 3.09. The van der Waals surface area contributed by atoms with Crippen LogP contribution in [0, 0.1) is 4.84 Å². The summed E-state index contributed by atoms with van der Waals surface area (Å²) in [7, 11) is -3.70. The van der Waals surface area contributed by atoms with Gasteiger partial charge in [0, 0.05) is 10.7 Å². The van der Waals surface area contributed by atoms with Gasteiger partial charge < -0.3 is 9.40 Å². The Balaban J connectivity index is 1.99. The van der Waals surface area contributed by atoms with E-state index in [1.807, 2.05) is 0 Å². The van der Waals surface area contributed by atoms with E-state index in [2.05, 4.69) is 9.71 Å². The Hall–Kier alpha value is -1.83. The van der Waals surface area contributed by atoms with E-state index in [0.717, 1.165) is 0 Å². The molecule has 108 valence electrons. The predicted octanol–water partition coefficient (Wildman–Crippen LogP) is 3.94. The molecule has 0 aliphatic heterocycles. The van der Waals surface area contributed by atoms with Gasteiger partial charge in [-0.25, -0.2) is 8.42 Å². The summed E-state index contributed by atoms with van der Waals surface area (Å²) >= 11 is 10.6. The van der Waals surface area contributed by atoms with Gasteiger partial charge in [0.2, 0.25) is 0 Å². The standard InChI is InChI=1S/C13H9ClN2O3S2/c14-8-1-3-9(4-2-8)16-21(17,18)10-5-6-12-11(7-10)15-13(20)19-12/h1-7,16H,(H,15,20). The zero-order valence-electron chi connectivity index (χ0n) is 10.5. The van der Waals surface area contributed by atoms with Gasteiger partial charge in [-0.2, -0.15) is 0 Å². The van der Waals surface area contributed by atoms with E-state index in [4.69, 9.17) is 28.2 Å². The second-order valence-electron chi connectivity index (χ2n) is 4.28. The number of anilines is 1. The van der Waals surface area contributed by atoms with Gasteiger partial charge in [-0.05, 0) is 54.7 Å². The molecule has 0 radical (unpaired) electrons. The molecule has 5 nitrogen and oxygen atoms in total. The summed E-state index contributed by atoms with van der Waals surface area (Å²) in [5.41, 5.74) is 1.46. The van der Waals surface area contributed by atoms with Crippen LogP contribution in [0.2, 0.25) is 5.02 Å². The molecule has 0 bridgehead atoms. The van der Waals surface area contributed by atoms with E-state index in [1.165, 1.54) is 12.1 Å². The number of hydrogen-bond acceptors (Lipinski definition) is 4. The molecule has 0 unspecified atom stereocenters. The van der Waals surface area contributed by atoms with Crippen LogP contribution in [0.1, 0.15) is 0 Å². The Kier molecular flexibility index (Phi) is 3.48. The molecule has 0 saturated heterocycles. The van der Waals surface area contributed by atoms with Crippen LogP contribution in [0.4, 0.5) is 5.69 Å². The fourth-order valence-corrected chi connectivity index (χ4v) is 3.24. The Morgan fingerprint density at radius 3 is 2.57 bits per heavy atom. The summed E-state index contributed by atoms with van der Waals surface area (Å²) < 4.78 is 32.3. The fraction of sp³-hybridized carbons (Fsp3) is 0. The van der Waals surface area contributed by atoms with Crippen molar-refractivity contribution in [2.24, 2.45) is 0 Å². The molecule has 3 rings (SSSR count). The van der Waals surface area contributed by atoms with Crippen LogP contribution in [0.25, 0.3) is 11.1 Å². The van der Waals surface area contributed by atoms with E-state index < -0.39 is 10.0 Å². The summed E-state index contributed by atoms with van der Waals surface area (Å²) in [5.74, 6) is 0. The van der Waals surface area contributed by atoms with Gasteiger partial charge in [0.15, 0.2) is 5.58 Å². The number of benzene rings is 2. The molecule has 0 saturated carbocycles. The summed E-state index contributed by atoms with van der Waals surface area (Å²) in [6.45, 7) is 0. The molecule has 0 amide bonds. The highest BCUT2D eigenvalue weighted by Crippen LogP contribution is 2.22. The number of rotatable bonds is 3. The molecule has 0 atom stereocenters. The third-order valence-electron chi connectivity index (χ3n) is 2.80. The van der Waals surface area contributed by atoms with Crippen molar-refractivity contribution in [1.29, 1.82) is 0 Å². The minimum atomic E-state index is -3.70. The van der Waals surface area contributed by atoms with Gasteiger partial charge in [0.1, 0.15) is 0 Å². The Morgan fingerprint density at radius 2 is 1.86 bits per heavy atom. The smallest absolute Gasteiger partial charge is 0.266 e. The van der Waals surface area contributed by atoms with Gasteiger partial charge >= 0.3 is 0 Å². The zero-order valence-corrected chi connectivity index (χ0v) is 12.8. The van der Waals surface area contributed by atoms with Crippen LogP contribution in [0.15, 0.2) is 51.8 Å². The minimum absolute atomic E-state index is 0.108. The number of halogens is 1. The largest absolute Gasteiger partial charge is 0.429 e. The third-order valence-corrected chi connectivity index (χ3v) is 4.61. The van der Waals surface area contributed by atoms with Gasteiger partial charge in [-0.1, -0.05) is 11.6 Å². The molecule has 0 spiro atoms. The zero-order chi connectivity index (χ0) is 15.0. The first-order valence-electron chi connectivity index (χ1n) is 5.85. The molecule has 21 heavy (non-hydrogen) atoms. The third kappa shape index (κ3) is 2.94. The molecular weight excluding hydrogens is 332 g/mol. The van der Waals surface area contributed by atoms with Crippen molar-refractivity contribution in [3.63, 3.8) is 0 Å². The highest BCUT2D eigenvalue weighted by molar-refractivity contribution is 7.92. The number of sulfonamides is 1. The van der Waals surface area contributed by atoms with Crippen LogP contribution in [0.3, 0.4) is 0 Å². The molecule has 2 N–H and O–H groups in total. The number of nitrogens with one attached hydrogen (secondary N) is 2. The topological polar surface area (TPSA) is 75.1 Å². The predicted molar refractivity (Wildman–Crippen MR) is 83.7 cm³/mol. The molecule has 8 heteroatoms. The van der Waals surface area contributed by atoms with E-state index in [9.17, 15) is 8.42 Å². The molecule has 1 heterocycles. The van der Waals surface area contributed by atoms with Crippen LogP contribution >= 0.6 is 23.8 Å². The molecule has 2 aromatic carbocycles. The Morgan fingerprint density at radius 1 is 1.14 bits per heavy atom. The minimum Gasteiger partial charge on any atom is -0.429 e. The second-order valence-corrected chi connectivity index (χ2v) is 6.77. The molecular formula is C13H9ClN2O3S2. The van der Waals surface area contributed by atoms with Crippen LogP contribution in [-0.4, -0.2) is 13.4 Å². The normalized spacial score (nSPS) is 11.7. The van der Waals surface area contributed by atoms with E-state index >= 15 is 0 Å². The quantitative estimate of drug-likeness (QED) is 0.708. The molecule has 0 aliphatic carbocycles. The lowest BCUT2D eigenvalue weighted by molar-refractivity contribution is 0.583. The Labute approximate surface area is 130 Å². The van der Waals surface area contributed by atoms with Crippen molar-refractivity contribution in [3.8, 4) is 0 Å². The van der Waals surface area contributed by atoms with Crippen molar-refractivity contribution in [3.05, 3.63) is 52.3 Å². The first-order chi connectivity index (χ1) is 9.94. The SMILES string of the molecule is O=S(=O)(Nc1ccc(Cl)cc1)c1ccc2oc(=S)[nH]c2c1. The van der Waals surface area contributed by atoms with Crippen molar-refractivity contribution in [1.82, 2.24) is 4.98 Å². The second kappa shape index (κ2) is 5.18. The number of oxazole rings is 1. The summed E-state index contributed by atoms with van der Waals surface area (Å²) in [6.07, 6.45) is 0. The van der Waals surface area contributed by atoms with E-state index in [-0.39, 0.29) is 9.73 Å². The molecule has 3 aromatic rings. The highest BCUT2D eigenvalue weighted by atomic mass is 35.5. The van der Waals surface area contributed by atoms with Crippen molar-refractivity contribution >= 4 is 50.6 Å². The first-order valence-corrected chi connectivity index (χ1v) is 8.12.